The number of carbonyl (C=O) groups excluding carboxylic acids is 3. The molecule has 33 heavy (non-hydrogen) atoms. The number of ether oxygens (including phenoxy) is 1. The molecule has 0 bridgehead atoms. The van der Waals surface area contributed by atoms with Gasteiger partial charge in [0.2, 0.25) is 5.91 Å². The lowest BCUT2D eigenvalue weighted by atomic mass is 9.77. The normalized spacial score (nSPS) is 22.5. The molecule has 12 heteroatoms. The molecule has 2 N–H and O–H groups in total. The van der Waals surface area contributed by atoms with E-state index in [9.17, 15) is 14.4 Å². The average Bonchev–Trinajstić information content (AvgIpc) is 3.26. The van der Waals surface area contributed by atoms with Gasteiger partial charge in [0.1, 0.15) is 17.9 Å². The highest BCUT2D eigenvalue weighted by Crippen LogP contribution is 2.35. The van der Waals surface area contributed by atoms with E-state index in [-0.39, 0.29) is 12.4 Å². The standard InChI is InChI=1S/C21H25ClN6O4S/c1-13-7-9-21(10-8-13)18(30)28(19(31)23-21)26-17(29)12-33-20-25-24-16(27(20)2)11-32-15-5-3-14(22)4-6-15/h3-6,13H,7-12H2,1-2H3,(H,23,31)(H,26,29). The fourth-order valence-electron chi connectivity index (χ4n) is 3.88. The Morgan fingerprint density at radius 1 is 1.27 bits per heavy atom. The highest BCUT2D eigenvalue weighted by molar-refractivity contribution is 7.99. The number of amides is 4. The molecule has 1 aliphatic heterocycles. The summed E-state index contributed by atoms with van der Waals surface area (Å²) in [5, 5.41) is 12.9. The molecule has 2 aromatic rings. The SMILES string of the molecule is CC1CCC2(CC1)NC(=O)N(NC(=O)CSc1nnc(COc3ccc(Cl)cc3)n1C)C2=O. The van der Waals surface area contributed by atoms with Gasteiger partial charge in [0.25, 0.3) is 5.91 Å². The molecule has 4 rings (SSSR count). The highest BCUT2D eigenvalue weighted by Gasteiger charge is 2.52. The van der Waals surface area contributed by atoms with Crippen LogP contribution >= 0.6 is 23.4 Å². The molecule has 1 saturated heterocycles. The third kappa shape index (κ3) is 5.09. The maximum absolute atomic E-state index is 12.8. The van der Waals surface area contributed by atoms with Crippen LogP contribution in [0, 0.1) is 5.92 Å². The number of thioether (sulfide) groups is 1. The molecule has 0 atom stereocenters. The Bertz CT molecular complexity index is 1050. The number of urea groups is 1. The second-order valence-electron chi connectivity index (χ2n) is 8.36. The van der Waals surface area contributed by atoms with Crippen molar-refractivity contribution in [3.63, 3.8) is 0 Å². The largest absolute Gasteiger partial charge is 0.486 e. The molecule has 4 amide bonds. The van der Waals surface area contributed by atoms with Gasteiger partial charge < -0.3 is 14.6 Å². The van der Waals surface area contributed by atoms with Crippen LogP contribution in [-0.4, -0.2) is 48.9 Å². The number of nitrogens with one attached hydrogen (secondary N) is 2. The number of rotatable bonds is 7. The van der Waals surface area contributed by atoms with E-state index in [1.807, 2.05) is 0 Å². The highest BCUT2D eigenvalue weighted by atomic mass is 35.5. The predicted octanol–water partition coefficient (Wildman–Crippen LogP) is 2.67. The van der Waals surface area contributed by atoms with E-state index in [0.29, 0.717) is 40.5 Å². The molecule has 2 fully saturated rings. The molecule has 2 heterocycles. The van der Waals surface area contributed by atoms with Crippen molar-refractivity contribution in [2.45, 2.75) is 49.9 Å². The second kappa shape index (κ2) is 9.60. The van der Waals surface area contributed by atoms with Crippen LogP contribution in [0.15, 0.2) is 29.4 Å². The fraction of sp³-hybridized carbons (Fsp3) is 0.476. The predicted molar refractivity (Wildman–Crippen MR) is 121 cm³/mol. The topological polar surface area (TPSA) is 118 Å². The van der Waals surface area contributed by atoms with Crippen molar-refractivity contribution in [3.05, 3.63) is 35.1 Å². The third-order valence-electron chi connectivity index (χ3n) is 5.97. The van der Waals surface area contributed by atoms with Crippen molar-refractivity contribution in [2.75, 3.05) is 5.75 Å². The second-order valence-corrected chi connectivity index (χ2v) is 9.74. The number of halogens is 1. The first kappa shape index (κ1) is 23.4. The van der Waals surface area contributed by atoms with E-state index in [1.165, 1.54) is 0 Å². The zero-order chi connectivity index (χ0) is 23.6. The summed E-state index contributed by atoms with van der Waals surface area (Å²) < 4.78 is 7.40. The lowest BCUT2D eigenvalue weighted by Crippen LogP contribution is -2.51. The van der Waals surface area contributed by atoms with Crippen LogP contribution in [0.5, 0.6) is 5.75 Å². The zero-order valence-corrected chi connectivity index (χ0v) is 19.9. The first-order valence-corrected chi connectivity index (χ1v) is 12.0. The van der Waals surface area contributed by atoms with Crippen molar-refractivity contribution >= 4 is 41.2 Å². The Balaban J connectivity index is 1.29. The van der Waals surface area contributed by atoms with Crippen LogP contribution in [-0.2, 0) is 23.2 Å². The molecule has 1 spiro atoms. The van der Waals surface area contributed by atoms with Gasteiger partial charge in [-0.05, 0) is 55.9 Å². The van der Waals surface area contributed by atoms with Gasteiger partial charge in [0, 0.05) is 12.1 Å². The van der Waals surface area contributed by atoms with E-state index in [4.69, 9.17) is 16.3 Å². The van der Waals surface area contributed by atoms with Gasteiger partial charge in [0.05, 0.1) is 5.75 Å². The number of hydrogen-bond donors (Lipinski definition) is 2. The Kier molecular flexibility index (Phi) is 6.80. The van der Waals surface area contributed by atoms with Crippen molar-refractivity contribution in [3.8, 4) is 5.75 Å². The van der Waals surface area contributed by atoms with Gasteiger partial charge in [-0.15, -0.1) is 10.2 Å². The van der Waals surface area contributed by atoms with Gasteiger partial charge in [-0.1, -0.05) is 30.3 Å². The van der Waals surface area contributed by atoms with Gasteiger partial charge in [0.15, 0.2) is 11.0 Å². The molecule has 1 saturated carbocycles. The monoisotopic (exact) mass is 492 g/mol. The molecule has 1 aliphatic carbocycles. The Labute approximate surface area is 200 Å². The number of hydrazine groups is 1. The Morgan fingerprint density at radius 3 is 2.67 bits per heavy atom. The van der Waals surface area contributed by atoms with Crippen LogP contribution in [0.4, 0.5) is 4.79 Å². The number of nitrogens with zero attached hydrogens (tertiary/aromatic N) is 4. The number of carbonyl (C=O) groups is 3. The third-order valence-corrected chi connectivity index (χ3v) is 7.24. The minimum absolute atomic E-state index is 0.0366. The lowest BCUT2D eigenvalue weighted by molar-refractivity contribution is -0.139. The maximum Gasteiger partial charge on any atom is 0.344 e. The summed E-state index contributed by atoms with van der Waals surface area (Å²) in [6, 6.07) is 6.39. The van der Waals surface area contributed by atoms with E-state index in [0.717, 1.165) is 29.6 Å². The summed E-state index contributed by atoms with van der Waals surface area (Å²) in [6.45, 7) is 2.33. The first-order valence-electron chi connectivity index (χ1n) is 10.6. The smallest absolute Gasteiger partial charge is 0.344 e. The Hall–Kier alpha value is -2.79. The van der Waals surface area contributed by atoms with Crippen molar-refractivity contribution in [1.29, 1.82) is 0 Å². The van der Waals surface area contributed by atoms with Gasteiger partial charge in [-0.3, -0.25) is 15.0 Å². The molecule has 0 unspecified atom stereocenters. The molecule has 176 valence electrons. The molecule has 2 aliphatic rings. The van der Waals surface area contributed by atoms with E-state index in [1.54, 1.807) is 35.9 Å². The van der Waals surface area contributed by atoms with Crippen molar-refractivity contribution in [1.82, 2.24) is 30.5 Å². The zero-order valence-electron chi connectivity index (χ0n) is 18.3. The minimum atomic E-state index is -0.896. The number of aromatic nitrogens is 3. The number of imide groups is 1. The molecule has 1 aromatic heterocycles. The van der Waals surface area contributed by atoms with Crippen LogP contribution in [0.2, 0.25) is 5.02 Å². The average molecular weight is 493 g/mol. The minimum Gasteiger partial charge on any atom is -0.486 e. The van der Waals surface area contributed by atoms with Gasteiger partial charge >= 0.3 is 6.03 Å². The maximum atomic E-state index is 12.8. The molecule has 1 aromatic carbocycles. The van der Waals surface area contributed by atoms with Crippen molar-refractivity contribution in [2.24, 2.45) is 13.0 Å². The first-order chi connectivity index (χ1) is 15.8. The summed E-state index contributed by atoms with van der Waals surface area (Å²) in [6.07, 6.45) is 2.89. The van der Waals surface area contributed by atoms with Crippen LogP contribution in [0.25, 0.3) is 0 Å². The molecule has 10 nitrogen and oxygen atoms in total. The molecular weight excluding hydrogens is 468 g/mol. The summed E-state index contributed by atoms with van der Waals surface area (Å²) in [7, 11) is 1.77. The summed E-state index contributed by atoms with van der Waals surface area (Å²) in [5.74, 6) is 0.841. The summed E-state index contributed by atoms with van der Waals surface area (Å²) >= 11 is 7.02. The quantitative estimate of drug-likeness (QED) is 0.450. The van der Waals surface area contributed by atoms with Crippen molar-refractivity contribution < 1.29 is 19.1 Å². The number of benzene rings is 1. The van der Waals surface area contributed by atoms with Gasteiger partial charge in [-0.2, -0.15) is 5.01 Å². The summed E-state index contributed by atoms with van der Waals surface area (Å²) in [4.78, 5) is 37.6. The fourth-order valence-corrected chi connectivity index (χ4v) is 4.73. The van der Waals surface area contributed by atoms with Crippen LogP contribution in [0.3, 0.4) is 0 Å². The van der Waals surface area contributed by atoms with Gasteiger partial charge in [-0.25, -0.2) is 4.79 Å². The van der Waals surface area contributed by atoms with E-state index < -0.39 is 23.4 Å². The summed E-state index contributed by atoms with van der Waals surface area (Å²) in [5.41, 5.74) is 1.53. The van der Waals surface area contributed by atoms with Crippen LogP contribution in [0.1, 0.15) is 38.4 Å². The Morgan fingerprint density at radius 2 is 1.97 bits per heavy atom. The molecular formula is C21H25ClN6O4S. The van der Waals surface area contributed by atoms with Crippen LogP contribution < -0.4 is 15.5 Å². The van der Waals surface area contributed by atoms with E-state index in [2.05, 4.69) is 27.9 Å². The lowest BCUT2D eigenvalue weighted by Gasteiger charge is -2.33. The molecule has 0 radical (unpaired) electrons. The number of hydrogen-bond acceptors (Lipinski definition) is 7. The van der Waals surface area contributed by atoms with E-state index >= 15 is 0 Å².